The van der Waals surface area contributed by atoms with Gasteiger partial charge in [0.25, 0.3) is 0 Å². The van der Waals surface area contributed by atoms with Crippen LogP contribution < -0.4 is 4.74 Å². The number of aliphatic hydroxyl groups excluding tert-OH is 5. The van der Waals surface area contributed by atoms with Gasteiger partial charge in [0.1, 0.15) is 24.1 Å². The van der Waals surface area contributed by atoms with Crippen LogP contribution in [-0.2, 0) is 4.79 Å². The zero-order valence-corrected chi connectivity index (χ0v) is 9.96. The third kappa shape index (κ3) is 4.27. The molecule has 0 unspecified atom stereocenters. The minimum Gasteiger partial charge on any atom is -0.425 e. The number of para-hydroxylation sites is 1. The van der Waals surface area contributed by atoms with Gasteiger partial charge in [-0.2, -0.15) is 0 Å². The Labute approximate surface area is 109 Å². The molecule has 0 spiro atoms. The second-order valence-corrected chi connectivity index (χ2v) is 3.91. The molecule has 0 saturated heterocycles. The van der Waals surface area contributed by atoms with Gasteiger partial charge >= 0.3 is 5.97 Å². The van der Waals surface area contributed by atoms with Gasteiger partial charge in [-0.3, -0.25) is 0 Å². The van der Waals surface area contributed by atoms with Crippen LogP contribution in [0.3, 0.4) is 0 Å². The normalized spacial score (nSPS) is 17.3. The SMILES string of the molecule is O=C(Oc1ccccc1)[C@H](O)[C@@H](O)[C@H](O)[C@H](O)CO. The summed E-state index contributed by atoms with van der Waals surface area (Å²) in [5, 5.41) is 46.0. The van der Waals surface area contributed by atoms with Gasteiger partial charge in [-0.15, -0.1) is 0 Å². The van der Waals surface area contributed by atoms with E-state index in [1.165, 1.54) is 12.1 Å². The number of carbonyl (C=O) groups excluding carboxylic acids is 1. The molecule has 0 aliphatic heterocycles. The van der Waals surface area contributed by atoms with Crippen LogP contribution in [0.2, 0.25) is 0 Å². The van der Waals surface area contributed by atoms with E-state index in [0.717, 1.165) is 0 Å². The maximum absolute atomic E-state index is 11.5. The molecule has 1 aromatic rings. The maximum atomic E-state index is 11.5. The number of aliphatic hydroxyl groups is 5. The monoisotopic (exact) mass is 272 g/mol. The van der Waals surface area contributed by atoms with Gasteiger partial charge in [-0.05, 0) is 12.1 Å². The second-order valence-electron chi connectivity index (χ2n) is 3.91. The molecule has 7 nitrogen and oxygen atoms in total. The summed E-state index contributed by atoms with van der Waals surface area (Å²) in [4.78, 5) is 11.5. The first kappa shape index (κ1) is 15.5. The van der Waals surface area contributed by atoms with E-state index in [9.17, 15) is 20.1 Å². The first-order chi connectivity index (χ1) is 8.97. The molecule has 1 rings (SSSR count). The number of rotatable bonds is 6. The van der Waals surface area contributed by atoms with E-state index in [1.54, 1.807) is 18.2 Å². The van der Waals surface area contributed by atoms with Crippen molar-refractivity contribution < 1.29 is 35.1 Å². The minimum atomic E-state index is -2.04. The molecule has 19 heavy (non-hydrogen) atoms. The van der Waals surface area contributed by atoms with E-state index in [4.69, 9.17) is 14.9 Å². The largest absolute Gasteiger partial charge is 0.425 e. The lowest BCUT2D eigenvalue weighted by atomic mass is 10.0. The van der Waals surface area contributed by atoms with Crippen molar-refractivity contribution in [2.24, 2.45) is 0 Å². The smallest absolute Gasteiger partial charge is 0.343 e. The molecule has 0 amide bonds. The standard InChI is InChI=1S/C12H16O7/c13-6-8(14)9(15)10(16)11(17)12(18)19-7-4-2-1-3-5-7/h1-5,8-11,13-17H,6H2/t8-,9-,10+,11-/m1/s1. The minimum absolute atomic E-state index is 0.163. The summed E-state index contributed by atoms with van der Waals surface area (Å²) in [6.07, 6.45) is -7.56. The number of carbonyl (C=O) groups is 1. The maximum Gasteiger partial charge on any atom is 0.343 e. The van der Waals surface area contributed by atoms with Crippen molar-refractivity contribution >= 4 is 5.97 Å². The first-order valence-corrected chi connectivity index (χ1v) is 5.57. The van der Waals surface area contributed by atoms with Gasteiger partial charge in [0.05, 0.1) is 6.61 Å². The Morgan fingerprint density at radius 3 is 2.16 bits per heavy atom. The molecule has 0 saturated carbocycles. The molecule has 106 valence electrons. The van der Waals surface area contributed by atoms with Crippen LogP contribution in [0.5, 0.6) is 5.75 Å². The summed E-state index contributed by atoms with van der Waals surface area (Å²) < 4.78 is 4.76. The van der Waals surface area contributed by atoms with Crippen LogP contribution in [0.4, 0.5) is 0 Å². The second kappa shape index (κ2) is 7.17. The molecule has 0 radical (unpaired) electrons. The fraction of sp³-hybridized carbons (Fsp3) is 0.417. The zero-order valence-electron chi connectivity index (χ0n) is 9.96. The lowest BCUT2D eigenvalue weighted by Gasteiger charge is -2.24. The highest BCUT2D eigenvalue weighted by molar-refractivity contribution is 5.77. The Bertz CT molecular complexity index is 394. The van der Waals surface area contributed by atoms with Crippen LogP contribution >= 0.6 is 0 Å². The van der Waals surface area contributed by atoms with Gasteiger partial charge in [-0.1, -0.05) is 18.2 Å². The number of hydrogen-bond acceptors (Lipinski definition) is 7. The highest BCUT2D eigenvalue weighted by atomic mass is 16.6. The highest BCUT2D eigenvalue weighted by Gasteiger charge is 2.35. The van der Waals surface area contributed by atoms with E-state index < -0.39 is 37.0 Å². The van der Waals surface area contributed by atoms with Crippen LogP contribution in [0.1, 0.15) is 0 Å². The van der Waals surface area contributed by atoms with Gasteiger partial charge in [0, 0.05) is 0 Å². The van der Waals surface area contributed by atoms with Crippen LogP contribution in [0.25, 0.3) is 0 Å². The van der Waals surface area contributed by atoms with Crippen molar-refractivity contribution in [1.82, 2.24) is 0 Å². The number of ether oxygens (including phenoxy) is 1. The third-order valence-corrected chi connectivity index (χ3v) is 2.46. The molecule has 0 aromatic heterocycles. The van der Waals surface area contributed by atoms with E-state index in [-0.39, 0.29) is 5.75 Å². The fourth-order valence-corrected chi connectivity index (χ4v) is 1.33. The average Bonchev–Trinajstić information content (AvgIpc) is 2.44. The first-order valence-electron chi connectivity index (χ1n) is 5.57. The van der Waals surface area contributed by atoms with Crippen molar-refractivity contribution in [2.75, 3.05) is 6.61 Å². The number of hydrogen-bond donors (Lipinski definition) is 5. The predicted octanol–water partition coefficient (Wildman–Crippen LogP) is -1.97. The van der Waals surface area contributed by atoms with Crippen molar-refractivity contribution in [1.29, 1.82) is 0 Å². The molecule has 0 fully saturated rings. The summed E-state index contributed by atoms with van der Waals surface area (Å²) >= 11 is 0. The summed E-state index contributed by atoms with van der Waals surface area (Å²) in [6, 6.07) is 7.85. The Hall–Kier alpha value is -1.51. The van der Waals surface area contributed by atoms with Gasteiger partial charge < -0.3 is 30.3 Å². The van der Waals surface area contributed by atoms with Gasteiger partial charge in [0.15, 0.2) is 6.10 Å². The third-order valence-electron chi connectivity index (χ3n) is 2.46. The summed E-state index contributed by atoms with van der Waals surface area (Å²) in [5.41, 5.74) is 0. The van der Waals surface area contributed by atoms with Crippen LogP contribution in [0.15, 0.2) is 30.3 Å². The molecule has 1 aromatic carbocycles. The topological polar surface area (TPSA) is 127 Å². The quantitative estimate of drug-likeness (QED) is 0.300. The summed E-state index contributed by atoms with van der Waals surface area (Å²) in [6.45, 7) is -0.821. The van der Waals surface area contributed by atoms with Crippen molar-refractivity contribution in [3.8, 4) is 5.75 Å². The van der Waals surface area contributed by atoms with E-state index >= 15 is 0 Å². The molecule has 7 heteroatoms. The highest BCUT2D eigenvalue weighted by Crippen LogP contribution is 2.12. The predicted molar refractivity (Wildman–Crippen MR) is 63.2 cm³/mol. The number of benzene rings is 1. The van der Waals surface area contributed by atoms with E-state index in [2.05, 4.69) is 0 Å². The van der Waals surface area contributed by atoms with E-state index in [1.807, 2.05) is 0 Å². The number of esters is 1. The molecule has 5 N–H and O–H groups in total. The molecular weight excluding hydrogens is 256 g/mol. The van der Waals surface area contributed by atoms with Crippen molar-refractivity contribution in [3.05, 3.63) is 30.3 Å². The molecule has 0 bridgehead atoms. The molecule has 0 heterocycles. The average molecular weight is 272 g/mol. The lowest BCUT2D eigenvalue weighted by Crippen LogP contribution is -2.49. The molecule has 0 aliphatic carbocycles. The molecular formula is C12H16O7. The van der Waals surface area contributed by atoms with Gasteiger partial charge in [0.2, 0.25) is 0 Å². The zero-order chi connectivity index (χ0) is 14.4. The Morgan fingerprint density at radius 2 is 1.63 bits per heavy atom. The fourth-order valence-electron chi connectivity index (χ4n) is 1.33. The van der Waals surface area contributed by atoms with Crippen molar-refractivity contribution in [2.45, 2.75) is 24.4 Å². The summed E-state index contributed by atoms with van der Waals surface area (Å²) in [7, 11) is 0. The lowest BCUT2D eigenvalue weighted by molar-refractivity contribution is -0.161. The molecule has 4 atom stereocenters. The van der Waals surface area contributed by atoms with Crippen molar-refractivity contribution in [3.63, 3.8) is 0 Å². The van der Waals surface area contributed by atoms with E-state index in [0.29, 0.717) is 0 Å². The van der Waals surface area contributed by atoms with Crippen LogP contribution in [0, 0.1) is 0 Å². The van der Waals surface area contributed by atoms with Crippen LogP contribution in [-0.4, -0.2) is 62.5 Å². The molecule has 0 aliphatic rings. The Morgan fingerprint density at radius 1 is 1.05 bits per heavy atom. The summed E-state index contributed by atoms with van der Waals surface area (Å²) in [5.74, 6) is -1.01. The Kier molecular flexibility index (Phi) is 5.87. The van der Waals surface area contributed by atoms with Gasteiger partial charge in [-0.25, -0.2) is 4.79 Å². The Balaban J connectivity index is 2.61.